The van der Waals surface area contributed by atoms with Crippen LogP contribution in [0.4, 0.5) is 0 Å². The van der Waals surface area contributed by atoms with E-state index in [0.717, 1.165) is 57.8 Å². The highest BCUT2D eigenvalue weighted by molar-refractivity contribution is 5.76. The van der Waals surface area contributed by atoms with Gasteiger partial charge in [0.05, 0.1) is 38.6 Å². The maximum absolute atomic E-state index is 13.5. The fourth-order valence-corrected chi connectivity index (χ4v) is 14.0. The zero-order valence-electron chi connectivity index (χ0n) is 61.8. The number of hydrogen-bond acceptors (Lipinski definition) is 18. The Morgan fingerprint density at radius 3 is 1.04 bits per heavy atom. The van der Waals surface area contributed by atoms with Gasteiger partial charge in [-0.3, -0.25) is 4.79 Å². The molecule has 12 N–H and O–H groups in total. The minimum Gasteiger partial charge on any atom is -0.394 e. The molecule has 3 fully saturated rings. The Labute approximate surface area is 594 Å². The van der Waals surface area contributed by atoms with Crippen LogP contribution >= 0.6 is 0 Å². The predicted octanol–water partition coefficient (Wildman–Crippen LogP) is 13.3. The van der Waals surface area contributed by atoms with Gasteiger partial charge < -0.3 is 89.9 Å². The summed E-state index contributed by atoms with van der Waals surface area (Å²) in [6.07, 6.45) is 45.6. The number of aliphatic hydroxyl groups excluding tert-OH is 11. The van der Waals surface area contributed by atoms with Crippen LogP contribution in [0.3, 0.4) is 0 Å². The topological polar surface area (TPSA) is 307 Å². The van der Waals surface area contributed by atoms with Gasteiger partial charge in [0.2, 0.25) is 5.91 Å². The van der Waals surface area contributed by atoms with Crippen LogP contribution in [0, 0.1) is 0 Å². The van der Waals surface area contributed by atoms with Crippen LogP contribution in [0.5, 0.6) is 0 Å². The highest BCUT2D eigenvalue weighted by atomic mass is 16.8. The van der Waals surface area contributed by atoms with Crippen molar-refractivity contribution in [3.8, 4) is 0 Å². The molecule has 3 aliphatic rings. The van der Waals surface area contributed by atoms with Crippen molar-refractivity contribution in [3.05, 3.63) is 24.3 Å². The van der Waals surface area contributed by atoms with E-state index in [4.69, 9.17) is 28.4 Å². The third-order valence-corrected chi connectivity index (χ3v) is 20.5. The van der Waals surface area contributed by atoms with Gasteiger partial charge in [0.1, 0.15) is 73.2 Å². The Bertz CT molecular complexity index is 1870. The third-order valence-electron chi connectivity index (χ3n) is 20.5. The molecule has 0 radical (unpaired) electrons. The summed E-state index contributed by atoms with van der Waals surface area (Å²) in [5.41, 5.74) is 0. The van der Waals surface area contributed by atoms with E-state index >= 15 is 0 Å². The second kappa shape index (κ2) is 60.5. The van der Waals surface area contributed by atoms with Gasteiger partial charge in [0.15, 0.2) is 18.9 Å². The van der Waals surface area contributed by atoms with E-state index < -0.39 is 124 Å². The zero-order chi connectivity index (χ0) is 71.1. The van der Waals surface area contributed by atoms with E-state index in [1.165, 1.54) is 250 Å². The zero-order valence-corrected chi connectivity index (χ0v) is 61.8. The number of ether oxygens (including phenoxy) is 6. The number of rotatable bonds is 65. The summed E-state index contributed by atoms with van der Waals surface area (Å²) in [5, 5.41) is 121. The normalized spacial score (nSPS) is 26.8. The molecule has 17 unspecified atom stereocenters. The number of allylic oxidation sites excluding steroid dienone is 4. The first-order valence-electron chi connectivity index (χ1n) is 40.6. The van der Waals surface area contributed by atoms with Crippen LogP contribution < -0.4 is 5.32 Å². The number of carbonyl (C=O) groups excluding carboxylic acids is 1. The first kappa shape index (κ1) is 90.5. The van der Waals surface area contributed by atoms with Crippen molar-refractivity contribution in [2.75, 3.05) is 26.4 Å². The molecule has 0 aromatic heterocycles. The van der Waals surface area contributed by atoms with E-state index in [9.17, 15) is 61.0 Å². The number of unbranched alkanes of at least 4 members (excludes halogenated alkanes) is 45. The van der Waals surface area contributed by atoms with Crippen molar-refractivity contribution in [2.45, 2.75) is 446 Å². The highest BCUT2D eigenvalue weighted by Gasteiger charge is 2.54. The lowest BCUT2D eigenvalue weighted by Gasteiger charge is -2.48. The minimum absolute atomic E-state index is 0.242. The first-order chi connectivity index (χ1) is 47.8. The molecular weight excluding hydrogens is 1250 g/mol. The van der Waals surface area contributed by atoms with Crippen molar-refractivity contribution in [1.29, 1.82) is 0 Å². The average Bonchev–Trinajstić information content (AvgIpc) is 0.784. The van der Waals surface area contributed by atoms with Crippen molar-refractivity contribution in [2.24, 2.45) is 0 Å². The van der Waals surface area contributed by atoms with Gasteiger partial charge in [0.25, 0.3) is 0 Å². The SMILES string of the molecule is CCCCCCC/C=C\C/C=C\CCCCCCCCCCCC(=O)NC(COC1OC(CO)C(OC2OC(CO)C(OC3OC(CO)C(O)C(O)C3O)C(O)C2O)C(O)C1O)C(O)CCCCCCCCCCCCCCCCCCCCCCCCCCCCCCCCCC. The van der Waals surface area contributed by atoms with Crippen LogP contribution in [-0.4, -0.2) is 193 Å². The Hall–Kier alpha value is -1.73. The molecule has 3 rings (SSSR count). The molecule has 19 nitrogen and oxygen atoms in total. The molecule has 0 aliphatic carbocycles. The molecular formula is C79H149NO18. The van der Waals surface area contributed by atoms with Crippen molar-refractivity contribution < 1.29 is 89.4 Å². The molecule has 19 heteroatoms. The molecule has 3 heterocycles. The lowest BCUT2D eigenvalue weighted by molar-refractivity contribution is -0.379. The molecule has 0 saturated carbocycles. The van der Waals surface area contributed by atoms with Crippen LogP contribution in [0.15, 0.2) is 24.3 Å². The molecule has 98 heavy (non-hydrogen) atoms. The van der Waals surface area contributed by atoms with Gasteiger partial charge in [-0.25, -0.2) is 0 Å². The quantitative estimate of drug-likeness (QED) is 0.0199. The predicted molar refractivity (Wildman–Crippen MR) is 388 cm³/mol. The third kappa shape index (κ3) is 40.5. The smallest absolute Gasteiger partial charge is 0.220 e. The molecule has 0 bridgehead atoms. The van der Waals surface area contributed by atoms with Crippen molar-refractivity contribution in [3.63, 3.8) is 0 Å². The Balaban J connectivity index is 1.35. The lowest BCUT2D eigenvalue weighted by Crippen LogP contribution is -2.66. The van der Waals surface area contributed by atoms with Crippen LogP contribution in [0.1, 0.15) is 341 Å². The summed E-state index contributed by atoms with van der Waals surface area (Å²) in [5.74, 6) is -0.242. The average molecular weight is 1400 g/mol. The Morgan fingerprint density at radius 2 is 0.673 bits per heavy atom. The largest absolute Gasteiger partial charge is 0.394 e. The summed E-state index contributed by atoms with van der Waals surface area (Å²) < 4.78 is 34.5. The minimum atomic E-state index is -1.97. The molecule has 0 aromatic rings. The second-order valence-electron chi connectivity index (χ2n) is 29.2. The summed E-state index contributed by atoms with van der Waals surface area (Å²) in [6, 6.07) is -0.890. The lowest BCUT2D eigenvalue weighted by atomic mass is 9.96. The van der Waals surface area contributed by atoms with Crippen LogP contribution in [0.25, 0.3) is 0 Å². The van der Waals surface area contributed by atoms with Gasteiger partial charge in [0, 0.05) is 6.42 Å². The van der Waals surface area contributed by atoms with Crippen molar-refractivity contribution in [1.82, 2.24) is 5.32 Å². The fraction of sp³-hybridized carbons (Fsp3) is 0.937. The number of amides is 1. The molecule has 1 amide bonds. The Kier molecular flexibility index (Phi) is 55.9. The van der Waals surface area contributed by atoms with E-state index in [2.05, 4.69) is 43.5 Å². The summed E-state index contributed by atoms with van der Waals surface area (Å²) in [6.45, 7) is 1.84. The summed E-state index contributed by atoms with van der Waals surface area (Å²) >= 11 is 0. The maximum atomic E-state index is 13.5. The second-order valence-corrected chi connectivity index (χ2v) is 29.2. The molecule has 0 spiro atoms. The van der Waals surface area contributed by atoms with Gasteiger partial charge in [-0.2, -0.15) is 0 Å². The summed E-state index contributed by atoms with van der Waals surface area (Å²) in [7, 11) is 0. The molecule has 17 atom stereocenters. The fourth-order valence-electron chi connectivity index (χ4n) is 14.0. The maximum Gasteiger partial charge on any atom is 0.220 e. The monoisotopic (exact) mass is 1400 g/mol. The van der Waals surface area contributed by atoms with Crippen LogP contribution in [-0.2, 0) is 33.2 Å². The molecule has 3 saturated heterocycles. The number of nitrogens with one attached hydrogen (secondary N) is 1. The van der Waals surface area contributed by atoms with E-state index in [1.807, 2.05) is 0 Å². The number of carbonyl (C=O) groups is 1. The van der Waals surface area contributed by atoms with Gasteiger partial charge >= 0.3 is 0 Å². The van der Waals surface area contributed by atoms with Crippen molar-refractivity contribution >= 4 is 5.91 Å². The molecule has 0 aromatic carbocycles. The Morgan fingerprint density at radius 1 is 0.367 bits per heavy atom. The number of hydrogen-bond donors (Lipinski definition) is 12. The van der Waals surface area contributed by atoms with Gasteiger partial charge in [-0.15, -0.1) is 0 Å². The molecule has 578 valence electrons. The van der Waals surface area contributed by atoms with E-state index in [-0.39, 0.29) is 18.9 Å². The van der Waals surface area contributed by atoms with Gasteiger partial charge in [-0.05, 0) is 44.9 Å². The highest BCUT2D eigenvalue weighted by Crippen LogP contribution is 2.33. The van der Waals surface area contributed by atoms with E-state index in [1.54, 1.807) is 0 Å². The first-order valence-corrected chi connectivity index (χ1v) is 40.6. The summed E-state index contributed by atoms with van der Waals surface area (Å²) in [4.78, 5) is 13.5. The van der Waals surface area contributed by atoms with Crippen LogP contribution in [0.2, 0.25) is 0 Å². The standard InChI is InChI=1S/C79H149NO18/c1-3-5-7-9-11-13-15-17-19-21-23-25-26-27-28-29-30-31-32-33-34-35-37-38-40-42-44-46-48-50-52-54-56-63(84)62(80-67(85)57-55-53-51-49-47-45-43-41-39-36-24-22-20-18-16-14-12-10-8-6-4-2)61-93-77-73(91)70(88)75(65(59-82)95-77)98-79-74(92)71(89)76(66(60-83)96-79)97-78-72(90)69(87)68(86)64(58-81)94-78/h16,18,22,24,62-66,68-79,81-84,86-92H,3-15,17,19-21,23,25-61H2,1-2H3,(H,80,85)/b18-16-,24-22-. The number of aliphatic hydroxyl groups is 11. The van der Waals surface area contributed by atoms with E-state index in [0.29, 0.717) is 12.8 Å². The van der Waals surface area contributed by atoms with Gasteiger partial charge in [-0.1, -0.05) is 314 Å². The molecule has 3 aliphatic heterocycles.